The van der Waals surface area contributed by atoms with Crippen molar-refractivity contribution in [2.24, 2.45) is 5.14 Å². The van der Waals surface area contributed by atoms with Crippen LogP contribution in [0, 0.1) is 11.8 Å². The molecule has 0 aliphatic heterocycles. The second-order valence-electron chi connectivity index (χ2n) is 3.83. The molecular weight excluding hydrogens is 278 g/mol. The monoisotopic (exact) mass is 295 g/mol. The molecule has 0 unspecified atom stereocenters. The van der Waals surface area contributed by atoms with Gasteiger partial charge in [0.25, 0.3) is 0 Å². The van der Waals surface area contributed by atoms with Gasteiger partial charge < -0.3 is 4.74 Å². The molecule has 1 rings (SSSR count). The fraction of sp³-hybridized carbons (Fsp3) is 0.286. The topological polar surface area (TPSA) is 78.6 Å². The highest BCUT2D eigenvalue weighted by Gasteiger charge is 2.00. The first-order chi connectivity index (χ1) is 9.53. The van der Waals surface area contributed by atoms with Crippen LogP contribution in [0.4, 0.5) is 0 Å². The van der Waals surface area contributed by atoms with Gasteiger partial charge in [-0.15, -0.1) is 6.58 Å². The summed E-state index contributed by atoms with van der Waals surface area (Å²) in [6, 6.07) is 7.58. The molecule has 0 aromatic heterocycles. The number of ether oxygens (including phenoxy) is 1. The third-order valence-electron chi connectivity index (χ3n) is 2.21. The molecule has 6 heteroatoms. The molecule has 0 saturated heterocycles. The Hall–Kier alpha value is -1.65. The molecule has 0 saturated carbocycles. The third-order valence-corrected chi connectivity index (χ3v) is 2.70. The first-order valence-electron chi connectivity index (χ1n) is 5.95. The van der Waals surface area contributed by atoms with Gasteiger partial charge in [-0.3, -0.25) is 4.18 Å². The average molecular weight is 295 g/mol. The van der Waals surface area contributed by atoms with Crippen LogP contribution in [0.2, 0.25) is 0 Å². The van der Waals surface area contributed by atoms with Crippen LogP contribution in [0.1, 0.15) is 17.5 Å². The lowest BCUT2D eigenvalue weighted by atomic mass is 10.1. The summed E-state index contributed by atoms with van der Waals surface area (Å²) in [6.45, 7) is 4.45. The van der Waals surface area contributed by atoms with Crippen molar-refractivity contribution in [2.45, 2.75) is 13.0 Å². The number of rotatable bonds is 7. The van der Waals surface area contributed by atoms with Gasteiger partial charge in [-0.25, -0.2) is 5.14 Å². The summed E-state index contributed by atoms with van der Waals surface area (Å²) in [5, 5.41) is 4.70. The number of hydrogen-bond acceptors (Lipinski definition) is 4. The van der Waals surface area contributed by atoms with Gasteiger partial charge in [0.05, 0.1) is 19.8 Å². The predicted molar refractivity (Wildman–Crippen MR) is 76.8 cm³/mol. The Bertz CT molecular complexity index is 599. The first-order valence-corrected chi connectivity index (χ1v) is 7.42. The van der Waals surface area contributed by atoms with E-state index >= 15 is 0 Å². The van der Waals surface area contributed by atoms with Crippen LogP contribution in [-0.2, 0) is 25.8 Å². The Labute approximate surface area is 119 Å². The molecule has 0 aliphatic carbocycles. The molecule has 1 aromatic carbocycles. The van der Waals surface area contributed by atoms with E-state index in [4.69, 9.17) is 9.88 Å². The second-order valence-corrected chi connectivity index (χ2v) is 5.05. The highest BCUT2D eigenvalue weighted by Crippen LogP contribution is 2.08. The molecule has 0 atom stereocenters. The lowest BCUT2D eigenvalue weighted by molar-refractivity contribution is 0.148. The zero-order chi connectivity index (χ0) is 14.8. The van der Waals surface area contributed by atoms with Gasteiger partial charge in [0.1, 0.15) is 0 Å². The fourth-order valence-electron chi connectivity index (χ4n) is 1.39. The Kier molecular flexibility index (Phi) is 6.98. The Morgan fingerprint density at radius 3 is 2.80 bits per heavy atom. The van der Waals surface area contributed by atoms with E-state index in [2.05, 4.69) is 22.6 Å². The van der Waals surface area contributed by atoms with Crippen LogP contribution in [0.15, 0.2) is 36.9 Å². The minimum absolute atomic E-state index is 0.0546. The van der Waals surface area contributed by atoms with E-state index in [9.17, 15) is 8.42 Å². The minimum Gasteiger partial charge on any atom is -0.373 e. The largest absolute Gasteiger partial charge is 0.373 e. The highest BCUT2D eigenvalue weighted by atomic mass is 32.2. The maximum absolute atomic E-state index is 10.5. The summed E-state index contributed by atoms with van der Waals surface area (Å²) in [5.41, 5.74) is 1.81. The summed E-state index contributed by atoms with van der Waals surface area (Å²) in [5.74, 6) is 5.79. The number of benzene rings is 1. The lowest BCUT2D eigenvalue weighted by Gasteiger charge is -2.04. The molecule has 0 aliphatic rings. The molecule has 0 amide bonds. The van der Waals surface area contributed by atoms with Crippen molar-refractivity contribution >= 4 is 10.3 Å². The van der Waals surface area contributed by atoms with Gasteiger partial charge in [-0.2, -0.15) is 8.42 Å². The van der Waals surface area contributed by atoms with Crippen molar-refractivity contribution in [1.82, 2.24) is 0 Å². The zero-order valence-electron chi connectivity index (χ0n) is 11.0. The highest BCUT2D eigenvalue weighted by molar-refractivity contribution is 7.84. The van der Waals surface area contributed by atoms with Crippen molar-refractivity contribution in [3.8, 4) is 11.8 Å². The summed E-state index contributed by atoms with van der Waals surface area (Å²) in [7, 11) is -3.89. The number of hydrogen-bond donors (Lipinski definition) is 1. The molecular formula is C14H17NO4S. The summed E-state index contributed by atoms with van der Waals surface area (Å²) in [6.07, 6.45) is 1.96. The maximum atomic E-state index is 10.5. The van der Waals surface area contributed by atoms with E-state index in [1.807, 2.05) is 24.3 Å². The molecule has 1 aromatic rings. The standard InChI is InChI=1S/C14H17NO4S/c1-2-10-18-12-14-9-4-3-7-13(14)8-5-6-11-19-20(15,16)17/h2-4,7,9H,1,6,10-12H2,(H2,15,16,17). The average Bonchev–Trinajstić information content (AvgIpc) is 2.39. The molecule has 5 nitrogen and oxygen atoms in total. The van der Waals surface area contributed by atoms with E-state index in [1.54, 1.807) is 6.08 Å². The van der Waals surface area contributed by atoms with Crippen LogP contribution in [0.3, 0.4) is 0 Å². The SMILES string of the molecule is C=CCOCc1ccccc1C#CCCOS(N)(=O)=O. The first kappa shape index (κ1) is 16.4. The molecule has 0 heterocycles. The van der Waals surface area contributed by atoms with Crippen LogP contribution < -0.4 is 5.14 Å². The molecule has 20 heavy (non-hydrogen) atoms. The van der Waals surface area contributed by atoms with Gasteiger partial charge in [0, 0.05) is 12.0 Å². The van der Waals surface area contributed by atoms with Gasteiger partial charge in [-0.1, -0.05) is 36.1 Å². The van der Waals surface area contributed by atoms with Crippen molar-refractivity contribution in [2.75, 3.05) is 13.2 Å². The molecule has 0 spiro atoms. The smallest absolute Gasteiger partial charge is 0.333 e. The van der Waals surface area contributed by atoms with Crippen molar-refractivity contribution in [3.05, 3.63) is 48.0 Å². The van der Waals surface area contributed by atoms with Gasteiger partial charge in [0.15, 0.2) is 0 Å². The molecule has 0 radical (unpaired) electrons. The summed E-state index contributed by atoms with van der Waals surface area (Å²) < 4.78 is 30.9. The molecule has 0 bridgehead atoms. The molecule has 108 valence electrons. The minimum atomic E-state index is -3.89. The summed E-state index contributed by atoms with van der Waals surface area (Å²) in [4.78, 5) is 0. The Morgan fingerprint density at radius 1 is 1.35 bits per heavy atom. The van der Waals surface area contributed by atoms with Gasteiger partial charge >= 0.3 is 10.3 Å². The van der Waals surface area contributed by atoms with Crippen LogP contribution in [0.25, 0.3) is 0 Å². The van der Waals surface area contributed by atoms with E-state index in [0.717, 1.165) is 11.1 Å². The van der Waals surface area contributed by atoms with Crippen LogP contribution in [0.5, 0.6) is 0 Å². The maximum Gasteiger partial charge on any atom is 0.333 e. The zero-order valence-corrected chi connectivity index (χ0v) is 11.9. The molecule has 0 fully saturated rings. The quantitative estimate of drug-likeness (QED) is 0.468. The fourth-order valence-corrected chi connectivity index (χ4v) is 1.70. The lowest BCUT2D eigenvalue weighted by Crippen LogP contribution is -2.16. The van der Waals surface area contributed by atoms with E-state index in [-0.39, 0.29) is 13.0 Å². The Balaban J connectivity index is 2.56. The second kappa shape index (κ2) is 8.51. The molecule has 2 N–H and O–H groups in total. The third kappa shape index (κ3) is 7.07. The predicted octanol–water partition coefficient (Wildman–Crippen LogP) is 1.35. The Morgan fingerprint density at radius 2 is 2.10 bits per heavy atom. The van der Waals surface area contributed by atoms with E-state index in [1.165, 1.54) is 0 Å². The van der Waals surface area contributed by atoms with Gasteiger partial charge in [-0.05, 0) is 11.6 Å². The van der Waals surface area contributed by atoms with E-state index < -0.39 is 10.3 Å². The number of nitrogens with two attached hydrogens (primary N) is 1. The van der Waals surface area contributed by atoms with Crippen LogP contribution >= 0.6 is 0 Å². The summed E-state index contributed by atoms with van der Waals surface area (Å²) >= 11 is 0. The van der Waals surface area contributed by atoms with E-state index in [0.29, 0.717) is 13.2 Å². The normalized spacial score (nSPS) is 10.7. The van der Waals surface area contributed by atoms with Gasteiger partial charge in [0.2, 0.25) is 0 Å². The van der Waals surface area contributed by atoms with Crippen molar-refractivity contribution < 1.29 is 17.3 Å². The van der Waals surface area contributed by atoms with Crippen molar-refractivity contribution in [1.29, 1.82) is 0 Å². The van der Waals surface area contributed by atoms with Crippen molar-refractivity contribution in [3.63, 3.8) is 0 Å². The van der Waals surface area contributed by atoms with Crippen LogP contribution in [-0.4, -0.2) is 21.6 Å².